The first-order chi connectivity index (χ1) is 8.40. The van der Waals surface area contributed by atoms with E-state index in [9.17, 15) is 9.59 Å². The molecule has 6 heteroatoms. The minimum Gasteiger partial charge on any atom is -0.369 e. The lowest BCUT2D eigenvalue weighted by Crippen LogP contribution is -2.29. The second kappa shape index (κ2) is 4.78. The average molecular weight is 287 g/mol. The van der Waals surface area contributed by atoms with E-state index in [-0.39, 0.29) is 18.9 Å². The van der Waals surface area contributed by atoms with Crippen LogP contribution in [0.15, 0.2) is 12.1 Å². The van der Waals surface area contributed by atoms with Crippen molar-refractivity contribution in [1.29, 1.82) is 0 Å². The van der Waals surface area contributed by atoms with Crippen LogP contribution in [0.4, 0.5) is 5.69 Å². The Bertz CT molecular complexity index is 508. The van der Waals surface area contributed by atoms with Gasteiger partial charge in [-0.3, -0.25) is 9.59 Å². The second-order valence-electron chi connectivity index (χ2n) is 4.36. The van der Waals surface area contributed by atoms with Crippen molar-refractivity contribution in [2.45, 2.75) is 13.3 Å². The van der Waals surface area contributed by atoms with Gasteiger partial charge in [0.2, 0.25) is 11.8 Å². The molecular formula is C12H12Cl2N2O2. The molecule has 0 saturated carbocycles. The molecule has 2 amide bonds. The zero-order valence-corrected chi connectivity index (χ0v) is 11.3. The van der Waals surface area contributed by atoms with Crippen molar-refractivity contribution in [3.05, 3.63) is 27.7 Å². The summed E-state index contributed by atoms with van der Waals surface area (Å²) in [6.07, 6.45) is 0.133. The van der Waals surface area contributed by atoms with Gasteiger partial charge < -0.3 is 10.6 Å². The van der Waals surface area contributed by atoms with E-state index in [0.717, 1.165) is 5.56 Å². The fraction of sp³-hybridized carbons (Fsp3) is 0.333. The Kier molecular flexibility index (Phi) is 3.50. The van der Waals surface area contributed by atoms with Gasteiger partial charge >= 0.3 is 0 Å². The highest BCUT2D eigenvalue weighted by Crippen LogP contribution is 2.36. The molecule has 96 valence electrons. The van der Waals surface area contributed by atoms with Crippen molar-refractivity contribution in [1.82, 2.24) is 0 Å². The number of carbonyl (C=O) groups excluding carboxylic acids is 2. The van der Waals surface area contributed by atoms with Crippen LogP contribution < -0.4 is 10.6 Å². The number of hydrogen-bond acceptors (Lipinski definition) is 2. The third-order valence-corrected chi connectivity index (χ3v) is 3.52. The summed E-state index contributed by atoms with van der Waals surface area (Å²) in [5.74, 6) is -1.07. The molecule has 0 aromatic heterocycles. The summed E-state index contributed by atoms with van der Waals surface area (Å²) >= 11 is 12.0. The lowest BCUT2D eigenvalue weighted by Gasteiger charge is -2.20. The Hall–Kier alpha value is -1.26. The second-order valence-corrected chi connectivity index (χ2v) is 5.20. The fourth-order valence-corrected chi connectivity index (χ4v) is 2.85. The van der Waals surface area contributed by atoms with Gasteiger partial charge in [-0.2, -0.15) is 0 Å². The monoisotopic (exact) mass is 286 g/mol. The largest absolute Gasteiger partial charge is 0.369 e. The van der Waals surface area contributed by atoms with Crippen LogP contribution in [0.3, 0.4) is 0 Å². The molecule has 0 aliphatic carbocycles. The van der Waals surface area contributed by atoms with E-state index in [1.54, 1.807) is 12.1 Å². The zero-order valence-electron chi connectivity index (χ0n) is 9.74. The molecule has 0 spiro atoms. The van der Waals surface area contributed by atoms with Crippen molar-refractivity contribution in [2.24, 2.45) is 11.7 Å². The molecule has 1 aliphatic heterocycles. The lowest BCUT2D eigenvalue weighted by molar-refractivity contribution is -0.123. The van der Waals surface area contributed by atoms with E-state index in [1.165, 1.54) is 4.90 Å². The molecule has 0 bridgehead atoms. The number of amides is 2. The molecule has 18 heavy (non-hydrogen) atoms. The molecule has 1 aliphatic rings. The Morgan fingerprint density at radius 2 is 2.11 bits per heavy atom. The third-order valence-electron chi connectivity index (χ3n) is 3.02. The number of hydrogen-bond donors (Lipinski definition) is 1. The molecule has 4 nitrogen and oxygen atoms in total. The standard InChI is InChI=1S/C12H12Cl2N2O2/c1-6-2-8(13)4-9(14)11(6)16-5-7(12(15)18)3-10(16)17/h2,4,7H,3,5H2,1H3,(H2,15,18). The first-order valence-electron chi connectivity index (χ1n) is 5.45. The van der Waals surface area contributed by atoms with Crippen molar-refractivity contribution in [3.8, 4) is 0 Å². The van der Waals surface area contributed by atoms with Crippen LogP contribution in [0, 0.1) is 12.8 Å². The number of halogens is 2. The van der Waals surface area contributed by atoms with Gasteiger partial charge in [-0.05, 0) is 24.6 Å². The summed E-state index contributed by atoms with van der Waals surface area (Å²) in [4.78, 5) is 24.5. The maximum absolute atomic E-state index is 11.9. The first kappa shape index (κ1) is 13.2. The minimum atomic E-state index is -0.464. The Labute approximate surface area is 115 Å². The van der Waals surface area contributed by atoms with Crippen LogP contribution in [0.5, 0.6) is 0 Å². The van der Waals surface area contributed by atoms with E-state index >= 15 is 0 Å². The summed E-state index contributed by atoms with van der Waals surface area (Å²) < 4.78 is 0. The molecule has 1 heterocycles. The van der Waals surface area contributed by atoms with Gasteiger partial charge in [0.15, 0.2) is 0 Å². The van der Waals surface area contributed by atoms with E-state index in [4.69, 9.17) is 28.9 Å². The van der Waals surface area contributed by atoms with E-state index in [0.29, 0.717) is 15.7 Å². The molecule has 1 aromatic rings. The van der Waals surface area contributed by atoms with Gasteiger partial charge in [0.05, 0.1) is 16.6 Å². The third kappa shape index (κ3) is 2.31. The number of rotatable bonds is 2. The van der Waals surface area contributed by atoms with Crippen molar-refractivity contribution < 1.29 is 9.59 Å². The minimum absolute atomic E-state index is 0.133. The van der Waals surface area contributed by atoms with Gasteiger partial charge in [0.1, 0.15) is 0 Å². The van der Waals surface area contributed by atoms with Crippen LogP contribution in [0.25, 0.3) is 0 Å². The first-order valence-corrected chi connectivity index (χ1v) is 6.21. The van der Waals surface area contributed by atoms with Crippen LogP contribution in [0.1, 0.15) is 12.0 Å². The molecular weight excluding hydrogens is 275 g/mol. The Morgan fingerprint density at radius 1 is 1.44 bits per heavy atom. The Morgan fingerprint density at radius 3 is 2.61 bits per heavy atom. The Balaban J connectivity index is 2.39. The molecule has 1 unspecified atom stereocenters. The van der Waals surface area contributed by atoms with E-state index in [1.807, 2.05) is 6.92 Å². The predicted molar refractivity (Wildman–Crippen MR) is 70.9 cm³/mol. The highest BCUT2D eigenvalue weighted by molar-refractivity contribution is 6.37. The quantitative estimate of drug-likeness (QED) is 0.905. The SMILES string of the molecule is Cc1cc(Cl)cc(Cl)c1N1CC(C(N)=O)CC1=O. The number of anilines is 1. The lowest BCUT2D eigenvalue weighted by atomic mass is 10.1. The molecule has 2 rings (SSSR count). The van der Waals surface area contributed by atoms with Crippen molar-refractivity contribution in [2.75, 3.05) is 11.4 Å². The predicted octanol–water partition coefficient (Wildman–Crippen LogP) is 2.14. The van der Waals surface area contributed by atoms with Crippen LogP contribution in [-0.4, -0.2) is 18.4 Å². The highest BCUT2D eigenvalue weighted by atomic mass is 35.5. The normalized spacial score (nSPS) is 19.4. The fourth-order valence-electron chi connectivity index (χ4n) is 2.15. The van der Waals surface area contributed by atoms with Gasteiger partial charge in [-0.25, -0.2) is 0 Å². The van der Waals surface area contributed by atoms with Gasteiger partial charge in [0, 0.05) is 18.0 Å². The summed E-state index contributed by atoms with van der Waals surface area (Å²) in [7, 11) is 0. The van der Waals surface area contributed by atoms with Gasteiger partial charge in [-0.15, -0.1) is 0 Å². The number of benzene rings is 1. The van der Waals surface area contributed by atoms with Crippen LogP contribution >= 0.6 is 23.2 Å². The zero-order chi connectivity index (χ0) is 13.4. The number of aryl methyl sites for hydroxylation is 1. The summed E-state index contributed by atoms with van der Waals surface area (Å²) in [6.45, 7) is 2.09. The van der Waals surface area contributed by atoms with Crippen LogP contribution in [0.2, 0.25) is 10.0 Å². The van der Waals surface area contributed by atoms with Crippen LogP contribution in [-0.2, 0) is 9.59 Å². The topological polar surface area (TPSA) is 63.4 Å². The average Bonchev–Trinajstić information content (AvgIpc) is 2.59. The molecule has 2 N–H and O–H groups in total. The number of carbonyl (C=O) groups is 2. The number of nitrogens with two attached hydrogens (primary N) is 1. The number of primary amides is 1. The molecule has 1 atom stereocenters. The highest BCUT2D eigenvalue weighted by Gasteiger charge is 2.35. The smallest absolute Gasteiger partial charge is 0.227 e. The van der Waals surface area contributed by atoms with Gasteiger partial charge in [-0.1, -0.05) is 23.2 Å². The molecule has 1 aromatic carbocycles. The molecule has 1 saturated heterocycles. The summed E-state index contributed by atoms with van der Waals surface area (Å²) in [6, 6.07) is 3.31. The number of nitrogens with zero attached hydrogens (tertiary/aromatic N) is 1. The maximum Gasteiger partial charge on any atom is 0.227 e. The maximum atomic E-state index is 11.9. The summed E-state index contributed by atoms with van der Waals surface area (Å²) in [5.41, 5.74) is 6.63. The van der Waals surface area contributed by atoms with Crippen molar-refractivity contribution >= 4 is 40.7 Å². The molecule has 0 radical (unpaired) electrons. The van der Waals surface area contributed by atoms with Crippen molar-refractivity contribution in [3.63, 3.8) is 0 Å². The van der Waals surface area contributed by atoms with E-state index < -0.39 is 11.8 Å². The van der Waals surface area contributed by atoms with E-state index in [2.05, 4.69) is 0 Å². The van der Waals surface area contributed by atoms with Gasteiger partial charge in [0.25, 0.3) is 0 Å². The molecule has 1 fully saturated rings. The summed E-state index contributed by atoms with van der Waals surface area (Å²) in [5, 5.41) is 0.915.